The topological polar surface area (TPSA) is 17.8 Å². The normalized spacial score (nSPS) is 16.5. The van der Waals surface area contributed by atoms with Gasteiger partial charge in [-0.2, -0.15) is 0 Å². The molecule has 0 spiro atoms. The zero-order valence-corrected chi connectivity index (χ0v) is 25.0. The molecule has 2 aliphatic rings. The van der Waals surface area contributed by atoms with Crippen LogP contribution in [0.3, 0.4) is 0 Å². The van der Waals surface area contributed by atoms with Gasteiger partial charge in [-0.05, 0) is 97.6 Å². The predicted octanol–water partition coefficient (Wildman–Crippen LogP) is 11.5. The summed E-state index contributed by atoms with van der Waals surface area (Å²) in [5, 5.41) is 7.70. The van der Waals surface area contributed by atoms with Gasteiger partial charge in [0.2, 0.25) is 0 Å². The van der Waals surface area contributed by atoms with Crippen LogP contribution in [0.15, 0.2) is 152 Å². The zero-order valence-electron chi connectivity index (χ0n) is 25.0. The second-order valence-corrected chi connectivity index (χ2v) is 12.2. The summed E-state index contributed by atoms with van der Waals surface area (Å²) >= 11 is 0. The Morgan fingerprint density at radius 3 is 2.07 bits per heavy atom. The lowest BCUT2D eigenvalue weighted by atomic mass is 9.84. The Labute approximate surface area is 263 Å². The lowest BCUT2D eigenvalue weighted by Crippen LogP contribution is -2.12. The Morgan fingerprint density at radius 2 is 1.36 bits per heavy atom. The SMILES string of the molecule is C1=CCCC(c2nc3ccccc3n2C2C=CC(c3c4ccccc4c(-c4ccc5ccccc5c4)c4ccccc34)=CC2)=C1. The average molecular weight is 577 g/mol. The van der Waals surface area contributed by atoms with Crippen LogP contribution in [-0.2, 0) is 0 Å². The summed E-state index contributed by atoms with van der Waals surface area (Å²) in [5.74, 6) is 1.10. The lowest BCUT2D eigenvalue weighted by Gasteiger charge is -2.24. The third kappa shape index (κ3) is 4.29. The minimum atomic E-state index is 0.206. The summed E-state index contributed by atoms with van der Waals surface area (Å²) in [6, 6.07) is 42.2. The van der Waals surface area contributed by atoms with E-state index in [9.17, 15) is 0 Å². The molecule has 0 bridgehead atoms. The molecule has 45 heavy (non-hydrogen) atoms. The van der Waals surface area contributed by atoms with Crippen molar-refractivity contribution < 1.29 is 0 Å². The minimum absolute atomic E-state index is 0.206. The molecule has 2 heteroatoms. The Kier molecular flexibility index (Phi) is 6.12. The van der Waals surface area contributed by atoms with Crippen LogP contribution >= 0.6 is 0 Å². The van der Waals surface area contributed by atoms with E-state index in [0.29, 0.717) is 0 Å². The summed E-state index contributed by atoms with van der Waals surface area (Å²) in [5.41, 5.74) is 8.74. The van der Waals surface area contributed by atoms with Crippen molar-refractivity contribution in [2.45, 2.75) is 25.3 Å². The number of allylic oxidation sites excluding steroid dienone is 8. The third-order valence-corrected chi connectivity index (χ3v) is 9.56. The van der Waals surface area contributed by atoms with Crippen LogP contribution in [0.4, 0.5) is 0 Å². The first-order chi connectivity index (χ1) is 22.3. The Hall–Kier alpha value is -5.47. The van der Waals surface area contributed by atoms with Crippen molar-refractivity contribution in [1.29, 1.82) is 0 Å². The number of rotatable bonds is 4. The highest BCUT2D eigenvalue weighted by molar-refractivity contribution is 6.19. The molecule has 1 atom stereocenters. The van der Waals surface area contributed by atoms with Crippen molar-refractivity contribution in [3.8, 4) is 11.1 Å². The van der Waals surface area contributed by atoms with Gasteiger partial charge in [-0.1, -0.05) is 134 Å². The van der Waals surface area contributed by atoms with Crippen LogP contribution in [0.25, 0.3) is 65.6 Å². The molecule has 7 aromatic rings. The molecule has 214 valence electrons. The molecule has 6 aromatic carbocycles. The zero-order chi connectivity index (χ0) is 29.7. The molecular weight excluding hydrogens is 544 g/mol. The van der Waals surface area contributed by atoms with Crippen LogP contribution in [0.2, 0.25) is 0 Å². The van der Waals surface area contributed by atoms with Gasteiger partial charge in [-0.25, -0.2) is 4.98 Å². The van der Waals surface area contributed by atoms with Crippen LogP contribution < -0.4 is 0 Å². The highest BCUT2D eigenvalue weighted by Gasteiger charge is 2.23. The van der Waals surface area contributed by atoms with E-state index in [0.717, 1.165) is 30.6 Å². The first-order valence-corrected chi connectivity index (χ1v) is 16.0. The fourth-order valence-corrected chi connectivity index (χ4v) is 7.48. The number of aromatic nitrogens is 2. The molecule has 0 N–H and O–H groups in total. The van der Waals surface area contributed by atoms with Crippen molar-refractivity contribution in [2.24, 2.45) is 0 Å². The van der Waals surface area contributed by atoms with Crippen molar-refractivity contribution in [3.63, 3.8) is 0 Å². The first kappa shape index (κ1) is 26.0. The first-order valence-electron chi connectivity index (χ1n) is 16.0. The van der Waals surface area contributed by atoms with Crippen molar-refractivity contribution in [3.05, 3.63) is 163 Å². The van der Waals surface area contributed by atoms with Crippen LogP contribution in [-0.4, -0.2) is 9.55 Å². The molecule has 1 unspecified atom stereocenters. The summed E-state index contributed by atoms with van der Waals surface area (Å²) in [4.78, 5) is 5.13. The summed E-state index contributed by atoms with van der Waals surface area (Å²) in [7, 11) is 0. The van der Waals surface area contributed by atoms with Crippen LogP contribution in [0, 0.1) is 0 Å². The molecule has 1 heterocycles. The maximum atomic E-state index is 5.13. The standard InChI is InChI=1S/C43H32N2/c1-2-13-31(14-3-1)43-44-39-20-10-11-21-40(39)45(43)34-26-24-30(25-27-34)41-35-16-6-8-18-37(35)42(38-19-9-7-17-36(38)41)33-23-22-29-12-4-5-15-32(29)28-33/h1-2,4-13,15-26,28,34H,3,14,27H2. The Balaban J connectivity index is 1.19. The van der Waals surface area contributed by atoms with Gasteiger partial charge in [0.25, 0.3) is 0 Å². The van der Waals surface area contributed by atoms with Gasteiger partial charge >= 0.3 is 0 Å². The number of fused-ring (bicyclic) bond motifs is 4. The Morgan fingerprint density at radius 1 is 0.667 bits per heavy atom. The molecule has 9 rings (SSSR count). The fraction of sp³-hybridized carbons (Fsp3) is 0.0930. The van der Waals surface area contributed by atoms with E-state index in [1.54, 1.807) is 0 Å². The molecule has 1 aromatic heterocycles. The van der Waals surface area contributed by atoms with Crippen molar-refractivity contribution >= 4 is 54.5 Å². The largest absolute Gasteiger partial charge is 0.317 e. The van der Waals surface area contributed by atoms with Crippen LogP contribution in [0.1, 0.15) is 36.7 Å². The van der Waals surface area contributed by atoms with E-state index in [1.807, 2.05) is 0 Å². The second kappa shape index (κ2) is 10.6. The third-order valence-electron chi connectivity index (χ3n) is 9.56. The van der Waals surface area contributed by atoms with E-state index in [-0.39, 0.29) is 6.04 Å². The van der Waals surface area contributed by atoms with E-state index in [1.165, 1.54) is 65.7 Å². The molecule has 0 amide bonds. The molecule has 0 saturated carbocycles. The highest BCUT2D eigenvalue weighted by atomic mass is 15.1. The number of hydrogen-bond donors (Lipinski definition) is 0. The van der Waals surface area contributed by atoms with Gasteiger partial charge in [0.15, 0.2) is 0 Å². The van der Waals surface area contributed by atoms with Crippen LogP contribution in [0.5, 0.6) is 0 Å². The van der Waals surface area contributed by atoms with E-state index in [2.05, 4.69) is 156 Å². The predicted molar refractivity (Wildman–Crippen MR) is 191 cm³/mol. The number of imidazole rings is 1. The Bertz CT molecular complexity index is 2360. The molecule has 0 fully saturated rings. The van der Waals surface area contributed by atoms with Gasteiger partial charge in [-0.3, -0.25) is 0 Å². The summed E-state index contributed by atoms with van der Waals surface area (Å²) < 4.78 is 2.46. The number of nitrogens with zero attached hydrogens (tertiary/aromatic N) is 2. The minimum Gasteiger partial charge on any atom is -0.317 e. The number of benzene rings is 6. The highest BCUT2D eigenvalue weighted by Crippen LogP contribution is 2.44. The van der Waals surface area contributed by atoms with Gasteiger partial charge in [0.1, 0.15) is 5.82 Å². The van der Waals surface area contributed by atoms with E-state index >= 15 is 0 Å². The molecule has 0 aliphatic heterocycles. The molecule has 2 nitrogen and oxygen atoms in total. The second-order valence-electron chi connectivity index (χ2n) is 12.2. The quantitative estimate of drug-likeness (QED) is 0.191. The molecule has 2 aliphatic carbocycles. The number of para-hydroxylation sites is 2. The maximum absolute atomic E-state index is 5.13. The average Bonchev–Trinajstić information content (AvgIpc) is 3.51. The van der Waals surface area contributed by atoms with Crippen molar-refractivity contribution in [2.75, 3.05) is 0 Å². The smallest absolute Gasteiger partial charge is 0.137 e. The van der Waals surface area contributed by atoms with Crippen molar-refractivity contribution in [1.82, 2.24) is 9.55 Å². The van der Waals surface area contributed by atoms with E-state index in [4.69, 9.17) is 4.98 Å². The maximum Gasteiger partial charge on any atom is 0.137 e. The molecule has 0 radical (unpaired) electrons. The number of hydrogen-bond acceptors (Lipinski definition) is 1. The van der Waals surface area contributed by atoms with Gasteiger partial charge in [0.05, 0.1) is 17.1 Å². The summed E-state index contributed by atoms with van der Waals surface area (Å²) in [6.07, 6.45) is 16.9. The molecule has 0 saturated heterocycles. The van der Waals surface area contributed by atoms with Gasteiger partial charge in [-0.15, -0.1) is 0 Å². The summed E-state index contributed by atoms with van der Waals surface area (Å²) in [6.45, 7) is 0. The monoisotopic (exact) mass is 576 g/mol. The van der Waals surface area contributed by atoms with Gasteiger partial charge < -0.3 is 4.57 Å². The fourth-order valence-electron chi connectivity index (χ4n) is 7.48. The lowest BCUT2D eigenvalue weighted by molar-refractivity contribution is 0.616. The van der Waals surface area contributed by atoms with Gasteiger partial charge in [0, 0.05) is 0 Å². The van der Waals surface area contributed by atoms with E-state index < -0.39 is 0 Å². The molecular formula is C43H32N2.